The van der Waals surface area contributed by atoms with Crippen molar-refractivity contribution in [3.05, 3.63) is 69.5 Å². The van der Waals surface area contributed by atoms with E-state index in [-0.39, 0.29) is 17.4 Å². The molecule has 1 aliphatic rings. The number of ether oxygens (including phenoxy) is 1. The molecular formula is C25H30N6O3. The van der Waals surface area contributed by atoms with Gasteiger partial charge in [-0.15, -0.1) is 0 Å². The molecule has 4 N–H and O–H groups in total. The summed E-state index contributed by atoms with van der Waals surface area (Å²) >= 11 is 0. The average molecular weight is 463 g/mol. The third-order valence-corrected chi connectivity index (χ3v) is 6.15. The number of hydrogen-bond acceptors (Lipinski definition) is 7. The quantitative estimate of drug-likeness (QED) is 0.531. The zero-order valence-electron chi connectivity index (χ0n) is 19.7. The number of nitrogen functional groups attached to an aromatic ring is 1. The molecule has 1 amide bonds. The van der Waals surface area contributed by atoms with E-state index >= 15 is 0 Å². The van der Waals surface area contributed by atoms with Gasteiger partial charge in [-0.2, -0.15) is 0 Å². The van der Waals surface area contributed by atoms with E-state index in [2.05, 4.69) is 20.6 Å². The van der Waals surface area contributed by atoms with Crippen molar-refractivity contribution in [1.29, 1.82) is 0 Å². The third kappa shape index (κ3) is 4.79. The number of pyridine rings is 1. The van der Waals surface area contributed by atoms with Crippen molar-refractivity contribution in [3.63, 3.8) is 0 Å². The van der Waals surface area contributed by atoms with E-state index in [4.69, 9.17) is 10.5 Å². The Kier molecular flexibility index (Phi) is 6.93. The predicted molar refractivity (Wildman–Crippen MR) is 132 cm³/mol. The van der Waals surface area contributed by atoms with Crippen LogP contribution >= 0.6 is 0 Å². The third-order valence-electron chi connectivity index (χ3n) is 6.15. The lowest BCUT2D eigenvalue weighted by Crippen LogP contribution is -2.31. The molecule has 1 atom stereocenters. The number of carbonyl (C=O) groups is 1. The van der Waals surface area contributed by atoms with Gasteiger partial charge in [0.15, 0.2) is 0 Å². The van der Waals surface area contributed by atoms with Crippen LogP contribution < -0.4 is 26.7 Å². The fourth-order valence-electron chi connectivity index (χ4n) is 4.48. The summed E-state index contributed by atoms with van der Waals surface area (Å²) in [6.45, 7) is 4.69. The summed E-state index contributed by atoms with van der Waals surface area (Å²) in [6.07, 6.45) is 9.22. The van der Waals surface area contributed by atoms with E-state index in [9.17, 15) is 9.59 Å². The number of amides is 1. The van der Waals surface area contributed by atoms with Crippen LogP contribution in [0.5, 0.6) is 5.75 Å². The van der Waals surface area contributed by atoms with E-state index in [1.54, 1.807) is 19.5 Å². The number of aromatic nitrogens is 3. The predicted octanol–water partition coefficient (Wildman–Crippen LogP) is 3.29. The van der Waals surface area contributed by atoms with Gasteiger partial charge >= 0.3 is 0 Å². The highest BCUT2D eigenvalue weighted by atomic mass is 16.5. The zero-order valence-corrected chi connectivity index (χ0v) is 19.7. The minimum Gasteiger partial charge on any atom is -0.497 e. The molecule has 0 aliphatic carbocycles. The van der Waals surface area contributed by atoms with Gasteiger partial charge in [-0.25, -0.2) is 4.98 Å². The maximum atomic E-state index is 13.4. The van der Waals surface area contributed by atoms with Crippen LogP contribution in [0, 0.1) is 13.8 Å². The summed E-state index contributed by atoms with van der Waals surface area (Å²) in [6, 6.07) is 5.72. The summed E-state index contributed by atoms with van der Waals surface area (Å²) in [4.78, 5) is 34.9. The molecule has 0 unspecified atom stereocenters. The fraction of sp³-hybridized carbons (Fsp3) is 0.360. The van der Waals surface area contributed by atoms with Gasteiger partial charge in [-0.1, -0.05) is 12.8 Å². The van der Waals surface area contributed by atoms with Crippen LogP contribution in [0.3, 0.4) is 0 Å². The number of nitrogens with zero attached hydrogens (tertiary/aromatic N) is 3. The van der Waals surface area contributed by atoms with Gasteiger partial charge in [0.05, 0.1) is 24.7 Å². The standard InChI is InChI=1S/C25H30N6O3/c1-15-9-19(34-3)10-16(2)22(15)31-14-29-23(26)21(25(31)33)24(32)30-18-11-17(12-27-13-18)20-7-5-4-6-8-28-20/h9-14,20,28H,4-8,26H2,1-3H3,(H,30,32)/t20-/m1/s1. The molecule has 34 heavy (non-hydrogen) atoms. The molecule has 9 heteroatoms. The van der Waals surface area contributed by atoms with Crippen molar-refractivity contribution in [1.82, 2.24) is 19.9 Å². The van der Waals surface area contributed by atoms with Crippen LogP contribution in [0.2, 0.25) is 0 Å². The number of carbonyl (C=O) groups excluding carboxylic acids is 1. The van der Waals surface area contributed by atoms with Gasteiger partial charge in [-0.3, -0.25) is 19.1 Å². The van der Waals surface area contributed by atoms with Crippen LogP contribution in [0.4, 0.5) is 11.5 Å². The summed E-state index contributed by atoms with van der Waals surface area (Å²) in [5.74, 6) is -0.0678. The molecular weight excluding hydrogens is 432 g/mol. The Bertz CT molecular complexity index is 1240. The summed E-state index contributed by atoms with van der Waals surface area (Å²) in [5, 5.41) is 6.31. The molecule has 0 bridgehead atoms. The van der Waals surface area contributed by atoms with E-state index in [0.29, 0.717) is 17.1 Å². The number of benzene rings is 1. The Morgan fingerprint density at radius 3 is 2.68 bits per heavy atom. The van der Waals surface area contributed by atoms with Crippen LogP contribution in [-0.2, 0) is 0 Å². The zero-order chi connectivity index (χ0) is 24.2. The number of aryl methyl sites for hydroxylation is 2. The lowest BCUT2D eigenvalue weighted by atomic mass is 10.0. The minimum absolute atomic E-state index is 0.128. The Morgan fingerprint density at radius 1 is 1.18 bits per heavy atom. The summed E-state index contributed by atoms with van der Waals surface area (Å²) < 4.78 is 6.65. The van der Waals surface area contributed by atoms with Crippen molar-refractivity contribution in [2.75, 3.05) is 24.7 Å². The highest BCUT2D eigenvalue weighted by molar-refractivity contribution is 6.06. The number of nitrogens with two attached hydrogens (primary N) is 1. The molecule has 1 aliphatic heterocycles. The molecule has 3 heterocycles. The smallest absolute Gasteiger partial charge is 0.272 e. The second-order valence-electron chi connectivity index (χ2n) is 8.61. The summed E-state index contributed by atoms with van der Waals surface area (Å²) in [7, 11) is 1.59. The highest BCUT2D eigenvalue weighted by Crippen LogP contribution is 2.26. The first-order valence-electron chi connectivity index (χ1n) is 11.4. The Labute approximate surface area is 198 Å². The van der Waals surface area contributed by atoms with E-state index in [0.717, 1.165) is 42.5 Å². The Hall–Kier alpha value is -3.72. The molecule has 0 spiro atoms. The number of methoxy groups -OCH3 is 1. The van der Waals surface area contributed by atoms with E-state index in [1.165, 1.54) is 17.3 Å². The van der Waals surface area contributed by atoms with Gasteiger partial charge in [0.25, 0.3) is 11.5 Å². The molecule has 1 aromatic carbocycles. The largest absolute Gasteiger partial charge is 0.497 e. The van der Waals surface area contributed by atoms with Crippen molar-refractivity contribution in [2.45, 2.75) is 45.6 Å². The lowest BCUT2D eigenvalue weighted by Gasteiger charge is -2.17. The molecule has 1 saturated heterocycles. The molecule has 0 saturated carbocycles. The van der Waals surface area contributed by atoms with E-state index < -0.39 is 11.5 Å². The Balaban J connectivity index is 1.65. The molecule has 3 aromatic rings. The van der Waals surface area contributed by atoms with Crippen LogP contribution in [-0.4, -0.2) is 34.1 Å². The van der Waals surface area contributed by atoms with Crippen LogP contribution in [0.15, 0.2) is 41.7 Å². The Morgan fingerprint density at radius 2 is 1.94 bits per heavy atom. The topological polar surface area (TPSA) is 124 Å². The van der Waals surface area contributed by atoms with E-state index in [1.807, 2.05) is 32.0 Å². The summed E-state index contributed by atoms with van der Waals surface area (Å²) in [5.41, 5.74) is 8.97. The molecule has 2 aromatic heterocycles. The van der Waals surface area contributed by atoms with Crippen molar-refractivity contribution in [3.8, 4) is 11.4 Å². The maximum Gasteiger partial charge on any atom is 0.272 e. The highest BCUT2D eigenvalue weighted by Gasteiger charge is 2.21. The van der Waals surface area contributed by atoms with Crippen LogP contribution in [0.25, 0.3) is 5.69 Å². The van der Waals surface area contributed by atoms with Gasteiger partial charge in [0, 0.05) is 12.2 Å². The second kappa shape index (κ2) is 10.0. The van der Waals surface area contributed by atoms with Crippen molar-refractivity contribution >= 4 is 17.4 Å². The number of anilines is 2. The van der Waals surface area contributed by atoms with Gasteiger partial charge in [0.1, 0.15) is 23.5 Å². The number of hydrogen-bond donors (Lipinski definition) is 3. The second-order valence-corrected chi connectivity index (χ2v) is 8.61. The number of nitrogens with one attached hydrogen (secondary N) is 2. The maximum absolute atomic E-state index is 13.4. The average Bonchev–Trinajstić information content (AvgIpc) is 3.10. The van der Waals surface area contributed by atoms with Gasteiger partial charge in [0.2, 0.25) is 0 Å². The normalized spacial score (nSPS) is 16.0. The first kappa shape index (κ1) is 23.4. The minimum atomic E-state index is -0.624. The van der Waals surface area contributed by atoms with Gasteiger partial charge < -0.3 is 21.1 Å². The molecule has 178 valence electrons. The molecule has 1 fully saturated rings. The lowest BCUT2D eigenvalue weighted by molar-refractivity contribution is 0.102. The first-order chi connectivity index (χ1) is 16.4. The number of rotatable bonds is 5. The molecule has 9 nitrogen and oxygen atoms in total. The van der Waals surface area contributed by atoms with Crippen molar-refractivity contribution in [2.24, 2.45) is 0 Å². The van der Waals surface area contributed by atoms with Crippen LogP contribution in [0.1, 0.15) is 58.8 Å². The molecule has 0 radical (unpaired) electrons. The monoisotopic (exact) mass is 462 g/mol. The molecule has 4 rings (SSSR count). The fourth-order valence-corrected chi connectivity index (χ4v) is 4.48. The SMILES string of the molecule is COc1cc(C)c(-n2cnc(N)c(C(=O)Nc3cncc([C@H]4CCCCCN4)c3)c2=O)c(C)c1. The van der Waals surface area contributed by atoms with Gasteiger partial charge in [-0.05, 0) is 68.1 Å². The van der Waals surface area contributed by atoms with Crippen molar-refractivity contribution < 1.29 is 9.53 Å². The first-order valence-corrected chi connectivity index (χ1v) is 11.4.